The summed E-state index contributed by atoms with van der Waals surface area (Å²) in [7, 11) is 0. The molecule has 1 aliphatic carbocycles. The minimum atomic E-state index is -0.253. The van der Waals surface area contributed by atoms with Crippen LogP contribution in [0.25, 0.3) is 0 Å². The van der Waals surface area contributed by atoms with Gasteiger partial charge in [-0.2, -0.15) is 0 Å². The Morgan fingerprint density at radius 2 is 2.10 bits per heavy atom. The summed E-state index contributed by atoms with van der Waals surface area (Å²) >= 11 is 0. The molecule has 0 atom stereocenters. The van der Waals surface area contributed by atoms with Crippen molar-refractivity contribution in [3.8, 4) is 0 Å². The van der Waals surface area contributed by atoms with E-state index < -0.39 is 0 Å². The van der Waals surface area contributed by atoms with Gasteiger partial charge in [0.2, 0.25) is 0 Å². The minimum absolute atomic E-state index is 0.0432. The first-order chi connectivity index (χ1) is 10.2. The van der Waals surface area contributed by atoms with Crippen LogP contribution in [-0.2, 0) is 11.3 Å². The van der Waals surface area contributed by atoms with Gasteiger partial charge >= 0.3 is 6.03 Å². The van der Waals surface area contributed by atoms with E-state index in [1.807, 2.05) is 11.8 Å². The molecule has 1 N–H and O–H groups in total. The summed E-state index contributed by atoms with van der Waals surface area (Å²) in [5.74, 6) is -0.253. The van der Waals surface area contributed by atoms with E-state index in [2.05, 4.69) is 5.32 Å². The maximum Gasteiger partial charge on any atom is 0.317 e. The molecule has 5 heteroatoms. The van der Waals surface area contributed by atoms with Crippen molar-refractivity contribution in [1.82, 2.24) is 10.2 Å². The molecule has 0 saturated heterocycles. The fraction of sp³-hybridized carbons (Fsp3) is 0.562. The van der Waals surface area contributed by atoms with Crippen molar-refractivity contribution in [2.24, 2.45) is 0 Å². The molecule has 1 aromatic carbocycles. The van der Waals surface area contributed by atoms with E-state index in [1.165, 1.54) is 12.1 Å². The van der Waals surface area contributed by atoms with E-state index in [0.717, 1.165) is 24.8 Å². The van der Waals surface area contributed by atoms with Gasteiger partial charge in [0.25, 0.3) is 0 Å². The number of halogens is 1. The van der Waals surface area contributed by atoms with Crippen molar-refractivity contribution in [2.45, 2.75) is 38.8 Å². The maximum atomic E-state index is 12.9. The molecule has 0 aliphatic heterocycles. The molecule has 0 radical (unpaired) electrons. The molecule has 1 fully saturated rings. The van der Waals surface area contributed by atoms with Crippen molar-refractivity contribution in [3.63, 3.8) is 0 Å². The Morgan fingerprint density at radius 1 is 1.38 bits per heavy atom. The molecular weight excluding hydrogens is 271 g/mol. The van der Waals surface area contributed by atoms with Crippen molar-refractivity contribution >= 4 is 6.03 Å². The van der Waals surface area contributed by atoms with Gasteiger partial charge in [-0.25, -0.2) is 9.18 Å². The van der Waals surface area contributed by atoms with Crippen LogP contribution in [0.1, 0.15) is 31.7 Å². The van der Waals surface area contributed by atoms with Gasteiger partial charge in [-0.1, -0.05) is 12.1 Å². The molecule has 2 rings (SSSR count). The third-order valence-electron chi connectivity index (χ3n) is 3.46. The smallest absolute Gasteiger partial charge is 0.317 e. The zero-order valence-corrected chi connectivity index (χ0v) is 12.5. The first kappa shape index (κ1) is 15.8. The van der Waals surface area contributed by atoms with Gasteiger partial charge in [-0.15, -0.1) is 0 Å². The third-order valence-corrected chi connectivity index (χ3v) is 3.46. The van der Waals surface area contributed by atoms with Crippen molar-refractivity contribution in [3.05, 3.63) is 35.6 Å². The molecular formula is C16H23FN2O2. The topological polar surface area (TPSA) is 41.6 Å². The Hall–Kier alpha value is -1.62. The molecule has 21 heavy (non-hydrogen) atoms. The first-order valence-corrected chi connectivity index (χ1v) is 7.57. The highest BCUT2D eigenvalue weighted by atomic mass is 19.1. The number of hydrogen-bond acceptors (Lipinski definition) is 2. The summed E-state index contributed by atoms with van der Waals surface area (Å²) in [5, 5.41) is 2.93. The molecule has 116 valence electrons. The summed E-state index contributed by atoms with van der Waals surface area (Å²) in [4.78, 5) is 14.1. The van der Waals surface area contributed by atoms with Crippen LogP contribution >= 0.6 is 0 Å². The highest BCUT2D eigenvalue weighted by Gasteiger charge is 2.32. The quantitative estimate of drug-likeness (QED) is 0.749. The van der Waals surface area contributed by atoms with Gasteiger partial charge in [-0.05, 0) is 43.9 Å². The SMILES string of the molecule is CCOCCCNC(=O)N(Cc1ccc(F)cc1)C1CC1. The molecule has 2 amide bonds. The van der Waals surface area contributed by atoms with Crippen LogP contribution < -0.4 is 5.32 Å². The Kier molecular flexibility index (Phi) is 5.99. The fourth-order valence-electron chi connectivity index (χ4n) is 2.15. The minimum Gasteiger partial charge on any atom is -0.382 e. The van der Waals surface area contributed by atoms with Crippen LogP contribution in [0.3, 0.4) is 0 Å². The lowest BCUT2D eigenvalue weighted by molar-refractivity contribution is 0.143. The zero-order chi connectivity index (χ0) is 15.1. The van der Waals surface area contributed by atoms with E-state index in [4.69, 9.17) is 4.74 Å². The predicted molar refractivity (Wildman–Crippen MR) is 79.5 cm³/mol. The number of amides is 2. The number of carbonyl (C=O) groups excluding carboxylic acids is 1. The van der Waals surface area contributed by atoms with Gasteiger partial charge in [-0.3, -0.25) is 0 Å². The second-order valence-corrected chi connectivity index (χ2v) is 5.27. The number of benzene rings is 1. The number of ether oxygens (including phenoxy) is 1. The average molecular weight is 294 g/mol. The van der Waals surface area contributed by atoms with E-state index in [0.29, 0.717) is 32.3 Å². The Bertz CT molecular complexity index is 446. The summed E-state index contributed by atoms with van der Waals surface area (Å²) in [6.07, 6.45) is 2.91. The molecule has 1 aliphatic rings. The second-order valence-electron chi connectivity index (χ2n) is 5.27. The monoisotopic (exact) mass is 294 g/mol. The maximum absolute atomic E-state index is 12.9. The van der Waals surface area contributed by atoms with Gasteiger partial charge in [0.1, 0.15) is 5.82 Å². The zero-order valence-electron chi connectivity index (χ0n) is 12.5. The molecule has 0 aromatic heterocycles. The standard InChI is InChI=1S/C16H23FN2O2/c1-2-21-11-3-10-18-16(20)19(15-8-9-15)12-13-4-6-14(17)7-5-13/h4-7,15H,2-3,8-12H2,1H3,(H,18,20). The Balaban J connectivity index is 1.81. The highest BCUT2D eigenvalue weighted by molar-refractivity contribution is 5.74. The molecule has 0 spiro atoms. The van der Waals surface area contributed by atoms with Crippen LogP contribution in [0.2, 0.25) is 0 Å². The molecule has 0 unspecified atom stereocenters. The number of nitrogens with one attached hydrogen (secondary N) is 1. The van der Waals surface area contributed by atoms with Crippen LogP contribution in [0.4, 0.5) is 9.18 Å². The number of nitrogens with zero attached hydrogens (tertiary/aromatic N) is 1. The van der Waals surface area contributed by atoms with Crippen LogP contribution in [-0.4, -0.2) is 36.7 Å². The molecule has 4 nitrogen and oxygen atoms in total. The molecule has 1 aromatic rings. The average Bonchev–Trinajstić information content (AvgIpc) is 3.31. The van der Waals surface area contributed by atoms with Gasteiger partial charge in [0.15, 0.2) is 0 Å². The summed E-state index contributed by atoms with van der Waals surface area (Å²) in [5.41, 5.74) is 0.952. The fourth-order valence-corrected chi connectivity index (χ4v) is 2.15. The van der Waals surface area contributed by atoms with Crippen LogP contribution in [0.5, 0.6) is 0 Å². The summed E-state index contributed by atoms with van der Waals surface area (Å²) in [6.45, 7) is 4.47. The van der Waals surface area contributed by atoms with E-state index in [1.54, 1.807) is 12.1 Å². The number of hydrogen-bond donors (Lipinski definition) is 1. The van der Waals surface area contributed by atoms with Crippen molar-refractivity contribution < 1.29 is 13.9 Å². The van der Waals surface area contributed by atoms with Crippen molar-refractivity contribution in [2.75, 3.05) is 19.8 Å². The predicted octanol–water partition coefficient (Wildman–Crippen LogP) is 2.93. The number of rotatable bonds is 8. The lowest BCUT2D eigenvalue weighted by atomic mass is 10.2. The summed E-state index contributed by atoms with van der Waals surface area (Å²) in [6, 6.07) is 6.60. The van der Waals surface area contributed by atoms with Crippen LogP contribution in [0.15, 0.2) is 24.3 Å². The summed E-state index contributed by atoms with van der Waals surface area (Å²) < 4.78 is 18.2. The highest BCUT2D eigenvalue weighted by Crippen LogP contribution is 2.28. The Morgan fingerprint density at radius 3 is 2.71 bits per heavy atom. The lowest BCUT2D eigenvalue weighted by Crippen LogP contribution is -2.41. The first-order valence-electron chi connectivity index (χ1n) is 7.57. The normalized spacial score (nSPS) is 14.0. The molecule has 0 heterocycles. The van der Waals surface area contributed by atoms with Gasteiger partial charge in [0.05, 0.1) is 0 Å². The third kappa shape index (κ3) is 5.34. The second kappa shape index (κ2) is 7.98. The number of urea groups is 1. The van der Waals surface area contributed by atoms with Gasteiger partial charge in [0, 0.05) is 32.3 Å². The van der Waals surface area contributed by atoms with Crippen molar-refractivity contribution in [1.29, 1.82) is 0 Å². The lowest BCUT2D eigenvalue weighted by Gasteiger charge is -2.23. The largest absolute Gasteiger partial charge is 0.382 e. The van der Waals surface area contributed by atoms with E-state index in [9.17, 15) is 9.18 Å². The molecule has 1 saturated carbocycles. The number of carbonyl (C=O) groups is 1. The van der Waals surface area contributed by atoms with E-state index >= 15 is 0 Å². The Labute approximate surface area is 125 Å². The van der Waals surface area contributed by atoms with Gasteiger partial charge < -0.3 is 15.0 Å². The van der Waals surface area contributed by atoms with E-state index in [-0.39, 0.29) is 11.8 Å². The molecule has 0 bridgehead atoms. The van der Waals surface area contributed by atoms with Crippen LogP contribution in [0, 0.1) is 5.82 Å².